The highest BCUT2D eigenvalue weighted by Gasteiger charge is 2.57. The molecule has 2 atom stereocenters. The maximum Gasteiger partial charge on any atom is 0.316 e. The van der Waals surface area contributed by atoms with Crippen molar-refractivity contribution in [2.75, 3.05) is 33.4 Å². The minimum absolute atomic E-state index is 0.0422. The first-order chi connectivity index (χ1) is 12.1. The van der Waals surface area contributed by atoms with Crippen molar-refractivity contribution in [3.05, 3.63) is 29.5 Å². The highest BCUT2D eigenvalue weighted by Crippen LogP contribution is 2.42. The van der Waals surface area contributed by atoms with Gasteiger partial charge < -0.3 is 14.4 Å². The maximum atomic E-state index is 12.8. The molecular weight excluding hydrogens is 344 g/mol. The lowest BCUT2D eigenvalue weighted by Gasteiger charge is -2.23. The van der Waals surface area contributed by atoms with Gasteiger partial charge in [-0.1, -0.05) is 0 Å². The second-order valence-corrected chi connectivity index (χ2v) is 7.01. The molecule has 0 bridgehead atoms. The van der Waals surface area contributed by atoms with Gasteiger partial charge in [0.05, 0.1) is 20.3 Å². The number of fused-ring (bicyclic) bond motifs is 1. The first-order valence-corrected chi connectivity index (χ1v) is 8.70. The third-order valence-corrected chi connectivity index (χ3v) is 5.57. The van der Waals surface area contributed by atoms with Gasteiger partial charge in [-0.2, -0.15) is 0 Å². The highest BCUT2D eigenvalue weighted by atomic mass is 32.1. The van der Waals surface area contributed by atoms with E-state index in [4.69, 9.17) is 9.47 Å². The third kappa shape index (κ3) is 2.59. The summed E-state index contributed by atoms with van der Waals surface area (Å²) in [6.45, 7) is 1.49. The number of amides is 1. The average molecular weight is 360 g/mol. The van der Waals surface area contributed by atoms with Crippen molar-refractivity contribution in [2.45, 2.75) is 0 Å². The number of carbonyl (C=O) groups excluding carboxylic acids is 2. The smallest absolute Gasteiger partial charge is 0.316 e. The van der Waals surface area contributed by atoms with E-state index in [-0.39, 0.29) is 30.9 Å². The van der Waals surface area contributed by atoms with E-state index in [1.54, 1.807) is 28.7 Å². The van der Waals surface area contributed by atoms with Crippen molar-refractivity contribution in [1.82, 2.24) is 19.9 Å². The van der Waals surface area contributed by atoms with Crippen LogP contribution in [0.1, 0.15) is 10.5 Å². The molecule has 2 aliphatic rings. The minimum Gasteiger partial charge on any atom is -0.468 e. The standard InChI is InChI=1S/C16H16N4O4S/c1-23-15(22)16-8-20(5-10(16)6-24-9-16)14(21)11-7-25-13(19-11)12-17-3-2-4-18-12/h2-4,7,10H,5-6,8-9H2,1H3/t10-,16-/m0/s1. The van der Waals surface area contributed by atoms with Crippen LogP contribution in [0.5, 0.6) is 0 Å². The second kappa shape index (κ2) is 6.16. The minimum atomic E-state index is -0.758. The Balaban J connectivity index is 1.55. The van der Waals surface area contributed by atoms with Gasteiger partial charge in [-0.3, -0.25) is 9.59 Å². The molecule has 130 valence electrons. The molecule has 0 saturated carbocycles. The first-order valence-electron chi connectivity index (χ1n) is 7.82. The van der Waals surface area contributed by atoms with Gasteiger partial charge in [-0.15, -0.1) is 11.3 Å². The Bertz CT molecular complexity index is 811. The Morgan fingerprint density at radius 1 is 1.40 bits per heavy atom. The molecule has 0 spiro atoms. The molecular formula is C16H16N4O4S. The van der Waals surface area contributed by atoms with Crippen LogP contribution in [0.15, 0.2) is 23.8 Å². The van der Waals surface area contributed by atoms with Crippen LogP contribution in [-0.4, -0.2) is 65.1 Å². The molecule has 4 heterocycles. The SMILES string of the molecule is COC(=O)[C@@]12COC[C@@H]1CN(C(=O)c1csc(-c3ncccn3)n1)C2. The van der Waals surface area contributed by atoms with Crippen molar-refractivity contribution < 1.29 is 19.1 Å². The lowest BCUT2D eigenvalue weighted by molar-refractivity contribution is -0.153. The number of rotatable bonds is 3. The number of nitrogens with zero attached hydrogens (tertiary/aromatic N) is 4. The molecule has 0 unspecified atom stereocenters. The van der Waals surface area contributed by atoms with Crippen molar-refractivity contribution in [3.63, 3.8) is 0 Å². The monoisotopic (exact) mass is 360 g/mol. The number of esters is 1. The van der Waals surface area contributed by atoms with E-state index in [9.17, 15) is 9.59 Å². The van der Waals surface area contributed by atoms with E-state index in [0.717, 1.165) is 0 Å². The fourth-order valence-electron chi connectivity index (χ4n) is 3.43. The summed E-state index contributed by atoms with van der Waals surface area (Å²) in [7, 11) is 1.36. The van der Waals surface area contributed by atoms with Gasteiger partial charge in [0.15, 0.2) is 10.8 Å². The van der Waals surface area contributed by atoms with Crippen molar-refractivity contribution >= 4 is 23.2 Å². The fourth-order valence-corrected chi connectivity index (χ4v) is 4.17. The van der Waals surface area contributed by atoms with Gasteiger partial charge in [0.25, 0.3) is 5.91 Å². The molecule has 2 saturated heterocycles. The number of hydrogen-bond acceptors (Lipinski definition) is 8. The van der Waals surface area contributed by atoms with Gasteiger partial charge in [-0.05, 0) is 6.07 Å². The van der Waals surface area contributed by atoms with E-state index in [0.29, 0.717) is 29.7 Å². The van der Waals surface area contributed by atoms with Crippen LogP contribution in [-0.2, 0) is 14.3 Å². The predicted molar refractivity (Wildman–Crippen MR) is 87.8 cm³/mol. The van der Waals surface area contributed by atoms with Crippen LogP contribution >= 0.6 is 11.3 Å². The molecule has 0 N–H and O–H groups in total. The van der Waals surface area contributed by atoms with E-state index >= 15 is 0 Å². The lowest BCUT2D eigenvalue weighted by Crippen LogP contribution is -2.41. The van der Waals surface area contributed by atoms with Crippen LogP contribution in [0.25, 0.3) is 10.8 Å². The van der Waals surface area contributed by atoms with Crippen molar-refractivity contribution in [1.29, 1.82) is 0 Å². The summed E-state index contributed by atoms with van der Waals surface area (Å²) >= 11 is 1.32. The molecule has 2 aromatic heterocycles. The summed E-state index contributed by atoms with van der Waals surface area (Å²) in [5.74, 6) is -0.0678. The van der Waals surface area contributed by atoms with E-state index in [2.05, 4.69) is 15.0 Å². The largest absolute Gasteiger partial charge is 0.468 e. The number of aromatic nitrogens is 3. The highest BCUT2D eigenvalue weighted by molar-refractivity contribution is 7.13. The normalized spacial score (nSPS) is 25.0. The van der Waals surface area contributed by atoms with E-state index in [1.807, 2.05) is 0 Å². The average Bonchev–Trinajstić information content (AvgIpc) is 3.35. The number of ether oxygens (including phenoxy) is 2. The Labute approximate surface area is 147 Å². The van der Waals surface area contributed by atoms with Crippen molar-refractivity contribution in [3.8, 4) is 10.8 Å². The Kier molecular flexibility index (Phi) is 3.97. The molecule has 0 radical (unpaired) electrons. The molecule has 2 fully saturated rings. The second-order valence-electron chi connectivity index (χ2n) is 6.16. The lowest BCUT2D eigenvalue weighted by atomic mass is 9.81. The quantitative estimate of drug-likeness (QED) is 0.749. The number of methoxy groups -OCH3 is 1. The van der Waals surface area contributed by atoms with Crippen LogP contribution in [0.3, 0.4) is 0 Å². The molecule has 2 aromatic rings. The third-order valence-electron chi connectivity index (χ3n) is 4.73. The van der Waals surface area contributed by atoms with Gasteiger partial charge >= 0.3 is 5.97 Å². The fraction of sp³-hybridized carbons (Fsp3) is 0.438. The number of likely N-dealkylation sites (tertiary alicyclic amines) is 1. The molecule has 0 aromatic carbocycles. The van der Waals surface area contributed by atoms with Gasteiger partial charge in [0.2, 0.25) is 0 Å². The van der Waals surface area contributed by atoms with Crippen LogP contribution in [0.2, 0.25) is 0 Å². The molecule has 9 heteroatoms. The van der Waals surface area contributed by atoms with Crippen LogP contribution < -0.4 is 0 Å². The zero-order chi connectivity index (χ0) is 17.4. The number of thiazole rings is 1. The predicted octanol–water partition coefficient (Wildman–Crippen LogP) is 0.862. The maximum absolute atomic E-state index is 12.8. The number of carbonyl (C=O) groups is 2. The topological polar surface area (TPSA) is 94.5 Å². The van der Waals surface area contributed by atoms with Crippen molar-refractivity contribution in [2.24, 2.45) is 11.3 Å². The molecule has 25 heavy (non-hydrogen) atoms. The van der Waals surface area contributed by atoms with Gasteiger partial charge in [-0.25, -0.2) is 15.0 Å². The summed E-state index contributed by atoms with van der Waals surface area (Å²) in [6, 6.07) is 1.72. The Hall–Kier alpha value is -2.39. The van der Waals surface area contributed by atoms with Crippen LogP contribution in [0.4, 0.5) is 0 Å². The zero-order valence-corrected chi connectivity index (χ0v) is 14.4. The molecule has 8 nitrogen and oxygen atoms in total. The Morgan fingerprint density at radius 3 is 2.96 bits per heavy atom. The van der Waals surface area contributed by atoms with E-state index in [1.165, 1.54) is 18.4 Å². The first kappa shape index (κ1) is 16.1. The molecule has 2 aliphatic heterocycles. The summed E-state index contributed by atoms with van der Waals surface area (Å²) < 4.78 is 10.4. The number of hydrogen-bond donors (Lipinski definition) is 0. The summed E-state index contributed by atoms with van der Waals surface area (Å²) in [6.07, 6.45) is 3.26. The zero-order valence-electron chi connectivity index (χ0n) is 13.5. The summed E-state index contributed by atoms with van der Waals surface area (Å²) in [4.78, 5) is 39.4. The molecule has 0 aliphatic carbocycles. The van der Waals surface area contributed by atoms with E-state index < -0.39 is 5.41 Å². The van der Waals surface area contributed by atoms with Crippen LogP contribution in [0, 0.1) is 11.3 Å². The molecule has 1 amide bonds. The summed E-state index contributed by atoms with van der Waals surface area (Å²) in [5.41, 5.74) is -0.417. The Morgan fingerprint density at radius 2 is 2.20 bits per heavy atom. The van der Waals surface area contributed by atoms with Gasteiger partial charge in [0, 0.05) is 36.8 Å². The molecule has 4 rings (SSSR count). The van der Waals surface area contributed by atoms with Gasteiger partial charge in [0.1, 0.15) is 11.1 Å². The summed E-state index contributed by atoms with van der Waals surface area (Å²) in [5, 5.41) is 2.29.